The molecule has 4 atom stereocenters. The van der Waals surface area contributed by atoms with Crippen molar-refractivity contribution in [2.75, 3.05) is 0 Å². The topological polar surface area (TPSA) is 43.4 Å². The molecule has 0 aromatic heterocycles. The van der Waals surface area contributed by atoms with Gasteiger partial charge in [0.2, 0.25) is 0 Å². The Morgan fingerprint density at radius 3 is 2.58 bits per heavy atom. The molecule has 176 valence electrons. The number of hydrogen-bond donors (Lipinski definition) is 0. The van der Waals surface area contributed by atoms with E-state index in [0.717, 1.165) is 24.2 Å². The molecule has 3 nitrogen and oxygen atoms in total. The Kier molecular flexibility index (Phi) is 5.39. The highest BCUT2D eigenvalue weighted by molar-refractivity contribution is 7.96. The van der Waals surface area contributed by atoms with Crippen LogP contribution in [0.1, 0.15) is 55.2 Å². The predicted octanol–water partition coefficient (Wildman–Crippen LogP) is 6.55. The van der Waals surface area contributed by atoms with E-state index in [0.29, 0.717) is 25.9 Å². The zero-order valence-electron chi connectivity index (χ0n) is 18.4. The van der Waals surface area contributed by atoms with Crippen LogP contribution in [-0.4, -0.2) is 13.9 Å². The number of sulfone groups is 1. The highest BCUT2D eigenvalue weighted by Gasteiger charge is 2.60. The molecule has 0 saturated heterocycles. The van der Waals surface area contributed by atoms with Gasteiger partial charge in [0.15, 0.2) is 0 Å². The number of hydrogen-bond acceptors (Lipinski definition) is 3. The number of ether oxygens (including phenoxy) is 1. The zero-order valence-corrected chi connectivity index (χ0v) is 19.3. The summed E-state index contributed by atoms with van der Waals surface area (Å²) in [5.74, 6) is 1.17. The van der Waals surface area contributed by atoms with E-state index < -0.39 is 25.7 Å². The smallest absolute Gasteiger partial charge is 0.489 e. The first kappa shape index (κ1) is 22.5. The molecule has 1 fully saturated rings. The van der Waals surface area contributed by atoms with E-state index in [-0.39, 0.29) is 17.8 Å². The van der Waals surface area contributed by atoms with E-state index in [2.05, 4.69) is 12.1 Å². The van der Waals surface area contributed by atoms with E-state index in [1.165, 1.54) is 17.2 Å². The van der Waals surface area contributed by atoms with Gasteiger partial charge in [0.05, 0.1) is 4.91 Å². The average Bonchev–Trinajstić information content (AvgIpc) is 3.15. The van der Waals surface area contributed by atoms with Crippen molar-refractivity contribution in [2.24, 2.45) is 17.3 Å². The van der Waals surface area contributed by atoms with Crippen LogP contribution in [0.3, 0.4) is 0 Å². The summed E-state index contributed by atoms with van der Waals surface area (Å²) >= 11 is 0. The van der Waals surface area contributed by atoms with Crippen molar-refractivity contribution in [3.8, 4) is 5.75 Å². The summed E-state index contributed by atoms with van der Waals surface area (Å²) < 4.78 is 70.5. The molecular weight excluding hydrogens is 449 g/mol. The summed E-state index contributed by atoms with van der Waals surface area (Å²) in [6.07, 6.45) is 4.58. The molecule has 0 aliphatic heterocycles. The second-order valence-electron chi connectivity index (χ2n) is 9.76. The lowest BCUT2D eigenvalue weighted by Gasteiger charge is -2.50. The summed E-state index contributed by atoms with van der Waals surface area (Å²) in [5.41, 5.74) is -2.61. The van der Waals surface area contributed by atoms with Gasteiger partial charge in [0, 0.05) is 5.41 Å². The van der Waals surface area contributed by atoms with E-state index in [4.69, 9.17) is 4.74 Å². The minimum Gasteiger partial charge on any atom is -0.489 e. The fraction of sp³-hybridized carbons (Fsp3) is 0.462. The van der Waals surface area contributed by atoms with Gasteiger partial charge in [-0.1, -0.05) is 49.4 Å². The Balaban J connectivity index is 1.35. The zero-order chi connectivity index (χ0) is 23.4. The molecule has 2 aromatic rings. The van der Waals surface area contributed by atoms with Gasteiger partial charge >= 0.3 is 5.51 Å². The molecule has 0 radical (unpaired) electrons. The maximum absolute atomic E-state index is 13.3. The monoisotopic (exact) mass is 476 g/mol. The highest BCUT2D eigenvalue weighted by atomic mass is 32.2. The molecule has 0 unspecified atom stereocenters. The van der Waals surface area contributed by atoms with Crippen LogP contribution < -0.4 is 4.74 Å². The molecule has 0 heterocycles. The van der Waals surface area contributed by atoms with Gasteiger partial charge in [-0.25, -0.2) is 8.42 Å². The van der Waals surface area contributed by atoms with E-state index in [1.807, 2.05) is 36.4 Å². The lowest BCUT2D eigenvalue weighted by atomic mass is 9.55. The first-order valence-corrected chi connectivity index (χ1v) is 12.9. The van der Waals surface area contributed by atoms with Crippen LogP contribution >= 0.6 is 0 Å². The number of benzene rings is 2. The van der Waals surface area contributed by atoms with Crippen LogP contribution in [0.5, 0.6) is 5.75 Å². The number of halogens is 3. The molecule has 0 bridgehead atoms. The maximum atomic E-state index is 13.3. The second-order valence-corrected chi connectivity index (χ2v) is 11.7. The lowest BCUT2D eigenvalue weighted by Crippen LogP contribution is -2.43. The molecular formula is C26H27F3O3S. The minimum absolute atomic E-state index is 0.0782. The summed E-state index contributed by atoms with van der Waals surface area (Å²) in [6, 6.07) is 16.1. The Labute approximate surface area is 192 Å². The SMILES string of the molecule is C[C@]12CC[C@@H]3c4ccc(OCc5ccccc5)cc4CC[C@H]3[C@@H]1CC=C2S(=O)(=O)C(F)(F)F. The third kappa shape index (κ3) is 3.69. The third-order valence-corrected chi connectivity index (χ3v) is 9.87. The van der Waals surface area contributed by atoms with Gasteiger partial charge in [-0.3, -0.25) is 0 Å². The summed E-state index contributed by atoms with van der Waals surface area (Å²) in [7, 11) is -5.29. The summed E-state index contributed by atoms with van der Waals surface area (Å²) in [5, 5.41) is 0. The van der Waals surface area contributed by atoms with Gasteiger partial charge in [0.25, 0.3) is 9.84 Å². The number of allylic oxidation sites excluding steroid dienone is 2. The van der Waals surface area contributed by atoms with E-state index >= 15 is 0 Å². The average molecular weight is 477 g/mol. The molecule has 5 rings (SSSR count). The van der Waals surface area contributed by atoms with Gasteiger partial charge < -0.3 is 4.74 Å². The predicted molar refractivity (Wildman–Crippen MR) is 120 cm³/mol. The molecule has 0 spiro atoms. The Bertz CT molecular complexity index is 1190. The number of alkyl halides is 3. The molecule has 0 amide bonds. The van der Waals surface area contributed by atoms with Crippen molar-refractivity contribution in [3.05, 3.63) is 76.2 Å². The molecule has 7 heteroatoms. The quantitative estimate of drug-likeness (QED) is 0.503. The molecule has 3 aliphatic carbocycles. The second kappa shape index (κ2) is 7.90. The van der Waals surface area contributed by atoms with E-state index in [1.54, 1.807) is 6.92 Å². The number of aryl methyl sites for hydroxylation is 1. The first-order chi connectivity index (χ1) is 15.6. The Morgan fingerprint density at radius 1 is 1.09 bits per heavy atom. The fourth-order valence-electron chi connectivity index (χ4n) is 6.46. The first-order valence-electron chi connectivity index (χ1n) is 11.4. The summed E-state index contributed by atoms with van der Waals surface area (Å²) in [4.78, 5) is -0.401. The van der Waals surface area contributed by atoms with Crippen molar-refractivity contribution < 1.29 is 26.3 Å². The maximum Gasteiger partial charge on any atom is 0.501 e. The molecule has 3 aliphatic rings. The summed E-state index contributed by atoms with van der Waals surface area (Å²) in [6.45, 7) is 2.22. The standard InChI is InChI=1S/C26H27F3O3S/c1-25-14-13-21-20-10-8-19(32-16-17-5-3-2-4-6-17)15-18(20)7-9-22(21)23(25)11-12-24(25)33(30,31)26(27,28)29/h2-6,8,10,12,15,21-23H,7,9,11,13-14,16H2,1H3/t21-,22-,23+,25+/m1/s1. The highest BCUT2D eigenvalue weighted by Crippen LogP contribution is 2.63. The van der Waals surface area contributed by atoms with Crippen LogP contribution in [0.15, 0.2) is 59.5 Å². The van der Waals surface area contributed by atoms with Crippen LogP contribution in [0.2, 0.25) is 0 Å². The number of rotatable bonds is 4. The van der Waals surface area contributed by atoms with Gasteiger partial charge in [-0.2, -0.15) is 13.2 Å². The van der Waals surface area contributed by atoms with Crippen molar-refractivity contribution in [1.29, 1.82) is 0 Å². The Hall–Kier alpha value is -2.28. The molecule has 0 N–H and O–H groups in total. The third-order valence-electron chi connectivity index (χ3n) is 8.05. The molecule has 33 heavy (non-hydrogen) atoms. The fourth-order valence-corrected chi connectivity index (χ4v) is 7.89. The normalized spacial score (nSPS) is 29.0. The number of fused-ring (bicyclic) bond motifs is 5. The van der Waals surface area contributed by atoms with Gasteiger partial charge in [-0.15, -0.1) is 0 Å². The van der Waals surface area contributed by atoms with Crippen LogP contribution in [0.25, 0.3) is 0 Å². The van der Waals surface area contributed by atoms with Gasteiger partial charge in [0.1, 0.15) is 12.4 Å². The lowest BCUT2D eigenvalue weighted by molar-refractivity contribution is -0.0437. The Morgan fingerprint density at radius 2 is 1.85 bits per heavy atom. The van der Waals surface area contributed by atoms with Gasteiger partial charge in [-0.05, 0) is 78.7 Å². The van der Waals surface area contributed by atoms with Crippen molar-refractivity contribution >= 4 is 9.84 Å². The van der Waals surface area contributed by atoms with Crippen molar-refractivity contribution in [2.45, 2.75) is 57.1 Å². The van der Waals surface area contributed by atoms with E-state index in [9.17, 15) is 21.6 Å². The largest absolute Gasteiger partial charge is 0.501 e. The van der Waals surface area contributed by atoms with Crippen LogP contribution in [0, 0.1) is 17.3 Å². The minimum atomic E-state index is -5.29. The van der Waals surface area contributed by atoms with Crippen molar-refractivity contribution in [1.82, 2.24) is 0 Å². The molecule has 1 saturated carbocycles. The molecule has 2 aromatic carbocycles. The van der Waals surface area contributed by atoms with Crippen molar-refractivity contribution in [3.63, 3.8) is 0 Å². The van der Waals surface area contributed by atoms with Crippen LogP contribution in [-0.2, 0) is 22.9 Å². The van der Waals surface area contributed by atoms with Crippen LogP contribution in [0.4, 0.5) is 13.2 Å².